The molecule has 0 saturated carbocycles. The fourth-order valence-corrected chi connectivity index (χ4v) is 2.66. The van der Waals surface area contributed by atoms with Crippen LogP contribution in [0.1, 0.15) is 11.6 Å². The molecule has 0 saturated heterocycles. The third-order valence-electron chi connectivity index (χ3n) is 4.02. The maximum absolute atomic E-state index is 12.2. The number of carbonyl (C=O) groups is 2. The highest BCUT2D eigenvalue weighted by atomic mass is 16.5. The van der Waals surface area contributed by atoms with E-state index in [1.165, 1.54) is 14.2 Å². The van der Waals surface area contributed by atoms with Crippen LogP contribution in [0.15, 0.2) is 66.7 Å². The van der Waals surface area contributed by atoms with Crippen LogP contribution in [0.2, 0.25) is 0 Å². The van der Waals surface area contributed by atoms with E-state index < -0.39 is 17.9 Å². The Hall–Kier alpha value is -3.54. The van der Waals surface area contributed by atoms with Gasteiger partial charge in [0.2, 0.25) is 0 Å². The first-order valence-electron chi connectivity index (χ1n) is 8.29. The van der Waals surface area contributed by atoms with Crippen LogP contribution in [0, 0.1) is 0 Å². The quantitative estimate of drug-likeness (QED) is 0.512. The van der Waals surface area contributed by atoms with Crippen molar-refractivity contribution in [3.63, 3.8) is 0 Å². The lowest BCUT2D eigenvalue weighted by Crippen LogP contribution is -2.25. The van der Waals surface area contributed by atoms with Crippen molar-refractivity contribution in [1.82, 2.24) is 9.97 Å². The molecule has 136 valence electrons. The Bertz CT molecular complexity index is 869. The van der Waals surface area contributed by atoms with Gasteiger partial charge in [0.1, 0.15) is 0 Å². The Kier molecular flexibility index (Phi) is 5.56. The molecule has 3 aromatic rings. The molecule has 0 radical (unpaired) electrons. The van der Waals surface area contributed by atoms with Crippen LogP contribution in [0.25, 0.3) is 22.6 Å². The lowest BCUT2D eigenvalue weighted by molar-refractivity contribution is -0.154. The molecule has 0 aliphatic heterocycles. The van der Waals surface area contributed by atoms with E-state index in [-0.39, 0.29) is 5.69 Å². The summed E-state index contributed by atoms with van der Waals surface area (Å²) in [7, 11) is 2.44. The van der Waals surface area contributed by atoms with Crippen LogP contribution < -0.4 is 0 Å². The number of rotatable bonds is 5. The van der Waals surface area contributed by atoms with E-state index in [0.717, 1.165) is 11.1 Å². The summed E-state index contributed by atoms with van der Waals surface area (Å²) in [6.07, 6.45) is 0. The van der Waals surface area contributed by atoms with E-state index in [4.69, 9.17) is 9.47 Å². The minimum atomic E-state index is -1.28. The van der Waals surface area contributed by atoms with Gasteiger partial charge in [-0.1, -0.05) is 60.7 Å². The third-order valence-corrected chi connectivity index (χ3v) is 4.02. The standard InChI is InChI=1S/C21H18N2O4/c1-26-20(24)18(21(25)27-2)17-13-16(14-9-5-3-6-10-14)22-19(23-17)15-11-7-4-8-12-15/h3-13,18H,1-2H3. The van der Waals surface area contributed by atoms with Crippen molar-refractivity contribution in [2.24, 2.45) is 0 Å². The lowest BCUT2D eigenvalue weighted by atomic mass is 10.0. The van der Waals surface area contributed by atoms with Crippen molar-refractivity contribution >= 4 is 11.9 Å². The van der Waals surface area contributed by atoms with E-state index >= 15 is 0 Å². The molecule has 0 spiro atoms. The Morgan fingerprint density at radius 1 is 0.778 bits per heavy atom. The zero-order valence-electron chi connectivity index (χ0n) is 15.0. The van der Waals surface area contributed by atoms with E-state index in [0.29, 0.717) is 11.5 Å². The highest BCUT2D eigenvalue weighted by Crippen LogP contribution is 2.26. The summed E-state index contributed by atoms with van der Waals surface area (Å²) in [5.74, 6) is -2.35. The summed E-state index contributed by atoms with van der Waals surface area (Å²) in [5.41, 5.74) is 2.43. The fourth-order valence-electron chi connectivity index (χ4n) is 2.66. The van der Waals surface area contributed by atoms with Crippen LogP contribution in [-0.4, -0.2) is 36.1 Å². The number of nitrogens with zero attached hydrogens (tertiary/aromatic N) is 2. The fraction of sp³-hybridized carbons (Fsp3) is 0.143. The van der Waals surface area contributed by atoms with Gasteiger partial charge in [0.25, 0.3) is 0 Å². The Morgan fingerprint density at radius 3 is 1.81 bits per heavy atom. The number of ether oxygens (including phenoxy) is 2. The van der Waals surface area contributed by atoms with Gasteiger partial charge in [0.15, 0.2) is 11.7 Å². The van der Waals surface area contributed by atoms with Gasteiger partial charge < -0.3 is 9.47 Å². The molecule has 0 aliphatic rings. The van der Waals surface area contributed by atoms with Crippen LogP contribution in [0.3, 0.4) is 0 Å². The molecule has 6 heteroatoms. The second kappa shape index (κ2) is 8.23. The largest absolute Gasteiger partial charge is 0.468 e. The maximum Gasteiger partial charge on any atom is 0.326 e. The number of methoxy groups -OCH3 is 2. The molecule has 0 aliphatic carbocycles. The number of hydrogen-bond acceptors (Lipinski definition) is 6. The third kappa shape index (κ3) is 4.00. The highest BCUT2D eigenvalue weighted by molar-refractivity contribution is 6.00. The Labute approximate surface area is 156 Å². The summed E-state index contributed by atoms with van der Waals surface area (Å²) in [5, 5.41) is 0. The number of esters is 2. The SMILES string of the molecule is COC(=O)C(C(=O)OC)c1cc(-c2ccccc2)nc(-c2ccccc2)n1. The molecule has 27 heavy (non-hydrogen) atoms. The van der Waals surface area contributed by atoms with Crippen molar-refractivity contribution in [2.75, 3.05) is 14.2 Å². The predicted molar refractivity (Wildman–Crippen MR) is 99.7 cm³/mol. The molecule has 6 nitrogen and oxygen atoms in total. The molecule has 3 rings (SSSR count). The van der Waals surface area contributed by atoms with Crippen LogP contribution in [0.4, 0.5) is 0 Å². The van der Waals surface area contributed by atoms with Crippen LogP contribution in [-0.2, 0) is 19.1 Å². The van der Waals surface area contributed by atoms with Gasteiger partial charge in [-0.05, 0) is 6.07 Å². The smallest absolute Gasteiger partial charge is 0.326 e. The van der Waals surface area contributed by atoms with Gasteiger partial charge in [0, 0.05) is 11.1 Å². The van der Waals surface area contributed by atoms with Gasteiger partial charge >= 0.3 is 11.9 Å². The van der Waals surface area contributed by atoms with Crippen molar-refractivity contribution < 1.29 is 19.1 Å². The summed E-state index contributed by atoms with van der Waals surface area (Å²) in [6.45, 7) is 0. The second-order valence-corrected chi connectivity index (χ2v) is 5.71. The zero-order valence-corrected chi connectivity index (χ0v) is 15.0. The van der Waals surface area contributed by atoms with Gasteiger partial charge in [-0.3, -0.25) is 9.59 Å². The minimum Gasteiger partial charge on any atom is -0.468 e. The monoisotopic (exact) mass is 362 g/mol. The van der Waals surface area contributed by atoms with Crippen molar-refractivity contribution in [3.8, 4) is 22.6 Å². The van der Waals surface area contributed by atoms with E-state index in [9.17, 15) is 9.59 Å². The molecule has 1 aromatic heterocycles. The lowest BCUT2D eigenvalue weighted by Gasteiger charge is -2.14. The molecule has 1 heterocycles. The molecule has 0 N–H and O–H groups in total. The van der Waals surface area contributed by atoms with E-state index in [1.54, 1.807) is 6.07 Å². The molecule has 0 fully saturated rings. The Morgan fingerprint density at radius 2 is 1.30 bits per heavy atom. The molecular formula is C21H18N2O4. The maximum atomic E-state index is 12.2. The summed E-state index contributed by atoms with van der Waals surface area (Å²) in [4.78, 5) is 33.5. The van der Waals surface area contributed by atoms with Gasteiger partial charge in [-0.25, -0.2) is 9.97 Å². The molecular weight excluding hydrogens is 344 g/mol. The van der Waals surface area contributed by atoms with Crippen LogP contribution in [0.5, 0.6) is 0 Å². The zero-order chi connectivity index (χ0) is 19.2. The molecule has 0 amide bonds. The topological polar surface area (TPSA) is 78.4 Å². The van der Waals surface area contributed by atoms with E-state index in [1.807, 2.05) is 60.7 Å². The first kappa shape index (κ1) is 18.3. The first-order valence-corrected chi connectivity index (χ1v) is 8.29. The van der Waals surface area contributed by atoms with Gasteiger partial charge in [0.05, 0.1) is 25.6 Å². The number of aromatic nitrogens is 2. The van der Waals surface area contributed by atoms with Gasteiger partial charge in [-0.15, -0.1) is 0 Å². The Balaban J connectivity index is 2.20. The summed E-state index contributed by atoms with van der Waals surface area (Å²) in [6, 6.07) is 20.4. The number of benzene rings is 2. The number of hydrogen-bond donors (Lipinski definition) is 0. The van der Waals surface area contributed by atoms with Crippen molar-refractivity contribution in [2.45, 2.75) is 5.92 Å². The highest BCUT2D eigenvalue weighted by Gasteiger charge is 2.33. The molecule has 0 unspecified atom stereocenters. The molecule has 0 atom stereocenters. The van der Waals surface area contributed by atoms with E-state index in [2.05, 4.69) is 9.97 Å². The average molecular weight is 362 g/mol. The minimum absolute atomic E-state index is 0.224. The van der Waals surface area contributed by atoms with Crippen molar-refractivity contribution in [1.29, 1.82) is 0 Å². The second-order valence-electron chi connectivity index (χ2n) is 5.71. The predicted octanol–water partition coefficient (Wildman–Crippen LogP) is 3.24. The van der Waals surface area contributed by atoms with Crippen LogP contribution >= 0.6 is 0 Å². The molecule has 2 aromatic carbocycles. The molecule has 0 bridgehead atoms. The average Bonchev–Trinajstić information content (AvgIpc) is 2.74. The normalized spacial score (nSPS) is 10.5. The van der Waals surface area contributed by atoms with Crippen molar-refractivity contribution in [3.05, 3.63) is 72.4 Å². The summed E-state index contributed by atoms with van der Waals surface area (Å²) < 4.78 is 9.56. The number of carbonyl (C=O) groups excluding carboxylic acids is 2. The summed E-state index contributed by atoms with van der Waals surface area (Å²) >= 11 is 0. The van der Waals surface area contributed by atoms with Gasteiger partial charge in [-0.2, -0.15) is 0 Å². The first-order chi connectivity index (χ1) is 13.1.